The summed E-state index contributed by atoms with van der Waals surface area (Å²) in [7, 11) is -4.09. The molecular formula is C30H32F3N7O2S. The van der Waals surface area contributed by atoms with Crippen molar-refractivity contribution in [3.8, 4) is 28.1 Å². The molecule has 0 spiro atoms. The summed E-state index contributed by atoms with van der Waals surface area (Å²) in [6, 6.07) is 10.4. The van der Waals surface area contributed by atoms with Crippen molar-refractivity contribution in [2.24, 2.45) is 0 Å². The summed E-state index contributed by atoms with van der Waals surface area (Å²) in [6.45, 7) is 6.21. The largest absolute Gasteiger partial charge is 0.368 e. The number of piperazine rings is 1. The molecule has 0 radical (unpaired) electrons. The molecule has 6 rings (SSSR count). The number of nitrogens with zero attached hydrogens (tertiary/aromatic N) is 5. The zero-order chi connectivity index (χ0) is 30.3. The highest BCUT2D eigenvalue weighted by Crippen LogP contribution is 2.37. The fraction of sp³-hybridized carbons (Fsp3) is 0.333. The number of benzene rings is 2. The zero-order valence-electron chi connectivity index (χ0n) is 23.8. The van der Waals surface area contributed by atoms with E-state index in [-0.39, 0.29) is 34.6 Å². The first-order valence-corrected chi connectivity index (χ1v) is 15.6. The molecule has 4 aromatic rings. The van der Waals surface area contributed by atoms with Gasteiger partial charge in [0.15, 0.2) is 11.6 Å². The van der Waals surface area contributed by atoms with Gasteiger partial charge in [0.1, 0.15) is 17.2 Å². The summed E-state index contributed by atoms with van der Waals surface area (Å²) in [4.78, 5) is 6.14. The average molecular weight is 612 g/mol. The number of pyridine rings is 1. The summed E-state index contributed by atoms with van der Waals surface area (Å²) in [5, 5.41) is 8.04. The molecule has 13 heteroatoms. The first-order valence-electron chi connectivity index (χ1n) is 14.2. The van der Waals surface area contributed by atoms with Crippen LogP contribution in [-0.4, -0.2) is 65.8 Å². The highest BCUT2D eigenvalue weighted by molar-refractivity contribution is 7.90. The normalized spacial score (nSPS) is 19.6. The van der Waals surface area contributed by atoms with Crippen LogP contribution in [0.4, 0.5) is 24.5 Å². The van der Waals surface area contributed by atoms with Crippen molar-refractivity contribution in [1.82, 2.24) is 24.4 Å². The maximum Gasteiger partial charge on any atom is 0.301 e. The van der Waals surface area contributed by atoms with Crippen LogP contribution in [0.25, 0.3) is 28.1 Å². The average Bonchev–Trinajstić information content (AvgIpc) is 3.66. The Morgan fingerprint density at radius 3 is 2.30 bits per heavy atom. The molecule has 2 saturated heterocycles. The highest BCUT2D eigenvalue weighted by Gasteiger charge is 2.28. The molecule has 0 bridgehead atoms. The molecule has 4 heterocycles. The van der Waals surface area contributed by atoms with Crippen LogP contribution >= 0.6 is 0 Å². The van der Waals surface area contributed by atoms with E-state index in [1.54, 1.807) is 18.2 Å². The molecule has 2 aromatic carbocycles. The summed E-state index contributed by atoms with van der Waals surface area (Å²) in [5.41, 5.74) is 1.03. The van der Waals surface area contributed by atoms with Crippen LogP contribution in [0.2, 0.25) is 0 Å². The van der Waals surface area contributed by atoms with Crippen molar-refractivity contribution < 1.29 is 21.6 Å². The smallest absolute Gasteiger partial charge is 0.301 e. The minimum atomic E-state index is -4.09. The summed E-state index contributed by atoms with van der Waals surface area (Å²) in [6.07, 6.45) is 5.86. The molecular weight excluding hydrogens is 579 g/mol. The number of aromatic nitrogens is 3. The SMILES string of the molecule is C[C@@H]1CN(c2ccc(-n3cc(-c4cc(F)cc(NS(=O)(=O)N5CCCC5)c4F)c(-c4ccncc4)n3)c(F)c2)C[C@@H](C)N1. The third kappa shape index (κ3) is 5.97. The predicted molar refractivity (Wildman–Crippen MR) is 160 cm³/mol. The molecule has 43 heavy (non-hydrogen) atoms. The van der Waals surface area contributed by atoms with Crippen LogP contribution in [0, 0.1) is 17.5 Å². The Morgan fingerprint density at radius 1 is 0.930 bits per heavy atom. The van der Waals surface area contributed by atoms with E-state index in [0.717, 1.165) is 30.9 Å². The lowest BCUT2D eigenvalue weighted by atomic mass is 10.0. The van der Waals surface area contributed by atoms with E-state index in [1.165, 1.54) is 33.6 Å². The monoisotopic (exact) mass is 611 g/mol. The van der Waals surface area contributed by atoms with E-state index in [2.05, 4.69) is 38.9 Å². The van der Waals surface area contributed by atoms with Gasteiger partial charge in [0.05, 0.1) is 5.69 Å². The Kier molecular flexibility index (Phi) is 7.88. The summed E-state index contributed by atoms with van der Waals surface area (Å²) in [5.74, 6) is -2.36. The molecule has 226 valence electrons. The van der Waals surface area contributed by atoms with Crippen LogP contribution in [0.3, 0.4) is 0 Å². The number of halogens is 3. The van der Waals surface area contributed by atoms with Gasteiger partial charge in [0.2, 0.25) is 0 Å². The third-order valence-electron chi connectivity index (χ3n) is 7.74. The summed E-state index contributed by atoms with van der Waals surface area (Å²) < 4.78 is 77.0. The van der Waals surface area contributed by atoms with Gasteiger partial charge in [-0.05, 0) is 63.1 Å². The number of nitrogens with one attached hydrogen (secondary N) is 2. The maximum atomic E-state index is 16.0. The lowest BCUT2D eigenvalue weighted by molar-refractivity contribution is 0.406. The second-order valence-corrected chi connectivity index (χ2v) is 12.8. The van der Waals surface area contributed by atoms with E-state index in [0.29, 0.717) is 31.5 Å². The Morgan fingerprint density at radius 2 is 1.63 bits per heavy atom. The van der Waals surface area contributed by atoms with Crippen molar-refractivity contribution in [2.45, 2.75) is 38.8 Å². The van der Waals surface area contributed by atoms with Gasteiger partial charge in [-0.3, -0.25) is 9.71 Å². The lowest BCUT2D eigenvalue weighted by Gasteiger charge is -2.37. The lowest BCUT2D eigenvalue weighted by Crippen LogP contribution is -2.54. The Labute approximate surface area is 248 Å². The van der Waals surface area contributed by atoms with E-state index in [4.69, 9.17) is 0 Å². The second kappa shape index (κ2) is 11.6. The van der Waals surface area contributed by atoms with Gasteiger partial charge in [-0.25, -0.2) is 17.9 Å². The minimum Gasteiger partial charge on any atom is -0.368 e. The number of hydrogen-bond donors (Lipinski definition) is 2. The van der Waals surface area contributed by atoms with Crippen LogP contribution in [0.1, 0.15) is 26.7 Å². The van der Waals surface area contributed by atoms with E-state index < -0.39 is 33.3 Å². The van der Waals surface area contributed by atoms with Crippen LogP contribution in [0.5, 0.6) is 0 Å². The van der Waals surface area contributed by atoms with Crippen LogP contribution in [-0.2, 0) is 10.2 Å². The van der Waals surface area contributed by atoms with Gasteiger partial charge in [-0.2, -0.15) is 17.8 Å². The van der Waals surface area contributed by atoms with Crippen molar-refractivity contribution in [3.63, 3.8) is 0 Å². The summed E-state index contributed by atoms with van der Waals surface area (Å²) >= 11 is 0. The van der Waals surface area contributed by atoms with Crippen molar-refractivity contribution in [1.29, 1.82) is 0 Å². The second-order valence-electron chi connectivity index (χ2n) is 11.1. The molecule has 2 aliphatic heterocycles. The number of anilines is 2. The fourth-order valence-electron chi connectivity index (χ4n) is 5.82. The van der Waals surface area contributed by atoms with Crippen molar-refractivity contribution >= 4 is 21.6 Å². The molecule has 2 fully saturated rings. The molecule has 2 atom stereocenters. The number of hydrogen-bond acceptors (Lipinski definition) is 6. The molecule has 9 nitrogen and oxygen atoms in total. The van der Waals surface area contributed by atoms with Gasteiger partial charge in [-0.1, -0.05) is 0 Å². The van der Waals surface area contributed by atoms with E-state index in [1.807, 2.05) is 6.07 Å². The standard InChI is InChI=1S/C30H32F3N7O2S/c1-19-16-38(17-20(2)35-19)23-5-6-28(26(32)15-23)40-18-25(30(36-40)21-7-9-34-10-8-21)24-13-22(31)14-27(29(24)33)37-43(41,42)39-11-3-4-12-39/h5-10,13-15,18-20,35,37H,3-4,11-12,16-17H2,1-2H3/t19-,20-/m1/s1. The van der Waals surface area contributed by atoms with Gasteiger partial charge in [0, 0.05) is 85.3 Å². The van der Waals surface area contributed by atoms with Gasteiger partial charge < -0.3 is 10.2 Å². The van der Waals surface area contributed by atoms with E-state index >= 15 is 8.78 Å². The van der Waals surface area contributed by atoms with Crippen molar-refractivity contribution in [3.05, 3.63) is 78.5 Å². The Hall–Kier alpha value is -3.94. The van der Waals surface area contributed by atoms with Gasteiger partial charge in [-0.15, -0.1) is 0 Å². The van der Waals surface area contributed by atoms with Crippen molar-refractivity contribution in [2.75, 3.05) is 35.8 Å². The zero-order valence-corrected chi connectivity index (χ0v) is 24.6. The molecule has 0 saturated carbocycles. The molecule has 0 amide bonds. The quantitative estimate of drug-likeness (QED) is 0.307. The van der Waals surface area contributed by atoms with Crippen LogP contribution in [0.15, 0.2) is 61.1 Å². The van der Waals surface area contributed by atoms with Crippen LogP contribution < -0.4 is 14.9 Å². The van der Waals surface area contributed by atoms with Gasteiger partial charge in [0.25, 0.3) is 0 Å². The first-order chi connectivity index (χ1) is 20.6. The Balaban J connectivity index is 1.42. The minimum absolute atomic E-state index is 0.119. The Bertz CT molecular complexity index is 1730. The van der Waals surface area contributed by atoms with E-state index in [9.17, 15) is 12.8 Å². The number of rotatable bonds is 7. The predicted octanol–water partition coefficient (Wildman–Crippen LogP) is 4.96. The highest BCUT2D eigenvalue weighted by atomic mass is 32.2. The fourth-order valence-corrected chi connectivity index (χ4v) is 7.12. The molecule has 0 aliphatic carbocycles. The first kappa shape index (κ1) is 29.1. The molecule has 2 N–H and O–H groups in total. The maximum absolute atomic E-state index is 16.0. The molecule has 2 aliphatic rings. The molecule has 2 aromatic heterocycles. The van der Waals surface area contributed by atoms with Gasteiger partial charge >= 0.3 is 10.2 Å². The topological polar surface area (TPSA) is 95.4 Å². The molecule has 0 unspecified atom stereocenters. The third-order valence-corrected chi connectivity index (χ3v) is 9.26.